The van der Waals surface area contributed by atoms with E-state index in [9.17, 15) is 19.2 Å². The van der Waals surface area contributed by atoms with Crippen LogP contribution < -0.4 is 10.6 Å². The van der Waals surface area contributed by atoms with Crippen LogP contribution in [0.2, 0.25) is 0 Å². The zero-order chi connectivity index (χ0) is 24.3. The van der Waals surface area contributed by atoms with Gasteiger partial charge in [-0.2, -0.15) is 0 Å². The Morgan fingerprint density at radius 2 is 1.62 bits per heavy atom. The maximum absolute atomic E-state index is 12.6. The highest BCUT2D eigenvalue weighted by molar-refractivity contribution is 7.12. The number of carbonyl (C=O) groups is 4. The molecule has 176 valence electrons. The number of ketones is 1. The summed E-state index contributed by atoms with van der Waals surface area (Å²) in [6.07, 6.45) is -0.928. The second-order valence-corrected chi connectivity index (χ2v) is 8.48. The van der Waals surface area contributed by atoms with E-state index in [1.165, 1.54) is 18.3 Å². The number of rotatable bonds is 11. The van der Waals surface area contributed by atoms with E-state index in [2.05, 4.69) is 10.6 Å². The number of nitrogens with one attached hydrogen (secondary N) is 2. The van der Waals surface area contributed by atoms with Crippen molar-refractivity contribution in [3.63, 3.8) is 0 Å². The van der Waals surface area contributed by atoms with E-state index in [1.54, 1.807) is 18.2 Å². The molecule has 2 aromatic carbocycles. The molecule has 3 rings (SSSR count). The van der Waals surface area contributed by atoms with Crippen molar-refractivity contribution in [3.05, 3.63) is 77.0 Å². The van der Waals surface area contributed by atoms with E-state index in [1.807, 2.05) is 53.9 Å². The van der Waals surface area contributed by atoms with Crippen LogP contribution in [-0.2, 0) is 19.1 Å². The minimum Gasteiger partial charge on any atom is -0.452 e. The molecule has 0 radical (unpaired) electrons. The molecule has 3 aromatic rings. The van der Waals surface area contributed by atoms with Crippen molar-refractivity contribution in [2.75, 3.05) is 11.9 Å². The summed E-state index contributed by atoms with van der Waals surface area (Å²) in [5.41, 5.74) is 2.43. The fourth-order valence-electron chi connectivity index (χ4n) is 3.19. The molecule has 0 fully saturated rings. The lowest BCUT2D eigenvalue weighted by Gasteiger charge is -2.16. The van der Waals surface area contributed by atoms with Crippen molar-refractivity contribution in [2.24, 2.45) is 0 Å². The Morgan fingerprint density at radius 3 is 2.35 bits per heavy atom. The van der Waals surface area contributed by atoms with Gasteiger partial charge in [0.1, 0.15) is 0 Å². The van der Waals surface area contributed by atoms with Crippen molar-refractivity contribution in [2.45, 2.75) is 32.3 Å². The SMILES string of the molecule is C[C@H](OC(=O)CCNC(=O)CCC(=O)c1cccs1)C(=O)Nc1ccccc1-c1ccccc1. The average Bonchev–Trinajstić information content (AvgIpc) is 3.38. The van der Waals surface area contributed by atoms with Gasteiger partial charge in [0.25, 0.3) is 5.91 Å². The third-order valence-corrected chi connectivity index (χ3v) is 5.88. The van der Waals surface area contributed by atoms with Gasteiger partial charge in [-0.25, -0.2) is 0 Å². The third-order valence-electron chi connectivity index (χ3n) is 4.97. The molecular formula is C26H26N2O5S. The normalized spacial score (nSPS) is 11.3. The van der Waals surface area contributed by atoms with Gasteiger partial charge in [-0.15, -0.1) is 11.3 Å². The van der Waals surface area contributed by atoms with Crippen LogP contribution in [0, 0.1) is 0 Å². The number of Topliss-reactive ketones (excluding diaryl/α,β-unsaturated/α-hetero) is 1. The van der Waals surface area contributed by atoms with E-state index in [0.29, 0.717) is 10.6 Å². The molecule has 7 nitrogen and oxygen atoms in total. The first-order valence-electron chi connectivity index (χ1n) is 10.9. The lowest BCUT2D eigenvalue weighted by molar-refractivity contribution is -0.153. The molecule has 2 N–H and O–H groups in total. The summed E-state index contributed by atoms with van der Waals surface area (Å²) in [6.45, 7) is 1.56. The minimum atomic E-state index is -1.00. The van der Waals surface area contributed by atoms with Crippen LogP contribution >= 0.6 is 11.3 Å². The second-order valence-electron chi connectivity index (χ2n) is 7.53. The fraction of sp³-hybridized carbons (Fsp3) is 0.231. The first kappa shape index (κ1) is 24.9. The van der Waals surface area contributed by atoms with Gasteiger partial charge in [0.2, 0.25) is 5.91 Å². The molecule has 0 aliphatic carbocycles. The summed E-state index contributed by atoms with van der Waals surface area (Å²) in [4.78, 5) is 49.1. The Hall–Kier alpha value is -3.78. The van der Waals surface area contributed by atoms with E-state index in [4.69, 9.17) is 4.74 Å². The van der Waals surface area contributed by atoms with Crippen LogP contribution in [0.4, 0.5) is 5.69 Å². The first-order valence-corrected chi connectivity index (χ1v) is 11.8. The van der Waals surface area contributed by atoms with Crippen LogP contribution in [0.1, 0.15) is 35.9 Å². The van der Waals surface area contributed by atoms with Gasteiger partial charge >= 0.3 is 5.97 Å². The number of hydrogen-bond donors (Lipinski definition) is 2. The molecule has 0 saturated carbocycles. The van der Waals surface area contributed by atoms with E-state index in [0.717, 1.165) is 11.1 Å². The molecule has 1 aromatic heterocycles. The molecule has 0 aliphatic heterocycles. The van der Waals surface area contributed by atoms with Crippen molar-refractivity contribution in [1.82, 2.24) is 5.32 Å². The molecule has 0 spiro atoms. The number of amides is 2. The van der Waals surface area contributed by atoms with Crippen LogP contribution in [0.25, 0.3) is 11.1 Å². The highest BCUT2D eigenvalue weighted by Crippen LogP contribution is 2.27. The Labute approximate surface area is 202 Å². The van der Waals surface area contributed by atoms with Gasteiger partial charge in [0, 0.05) is 30.6 Å². The largest absolute Gasteiger partial charge is 0.452 e. The number of ether oxygens (including phenoxy) is 1. The summed E-state index contributed by atoms with van der Waals surface area (Å²) in [5.74, 6) is -1.46. The average molecular weight is 479 g/mol. The topological polar surface area (TPSA) is 102 Å². The molecule has 0 bridgehead atoms. The lowest BCUT2D eigenvalue weighted by Crippen LogP contribution is -2.32. The summed E-state index contributed by atoms with van der Waals surface area (Å²) in [5, 5.41) is 7.21. The molecule has 34 heavy (non-hydrogen) atoms. The Balaban J connectivity index is 1.40. The van der Waals surface area contributed by atoms with Gasteiger partial charge in [-0.1, -0.05) is 54.6 Å². The number of thiophene rings is 1. The van der Waals surface area contributed by atoms with Crippen molar-refractivity contribution < 1.29 is 23.9 Å². The smallest absolute Gasteiger partial charge is 0.308 e. The Kier molecular flexibility index (Phi) is 9.11. The third kappa shape index (κ3) is 7.38. The van der Waals surface area contributed by atoms with Crippen molar-refractivity contribution in [3.8, 4) is 11.1 Å². The van der Waals surface area contributed by atoms with Crippen LogP contribution in [-0.4, -0.2) is 36.2 Å². The Bertz CT molecular complexity index is 1130. The molecule has 1 atom stereocenters. The maximum atomic E-state index is 12.6. The summed E-state index contributed by atoms with van der Waals surface area (Å²) in [7, 11) is 0. The minimum absolute atomic E-state index is 0.0470. The quantitative estimate of drug-likeness (QED) is 0.313. The van der Waals surface area contributed by atoms with E-state index in [-0.39, 0.29) is 37.5 Å². The van der Waals surface area contributed by atoms with Gasteiger partial charge in [0.15, 0.2) is 11.9 Å². The van der Waals surface area contributed by atoms with Crippen molar-refractivity contribution in [1.29, 1.82) is 0 Å². The highest BCUT2D eigenvalue weighted by Gasteiger charge is 2.19. The summed E-state index contributed by atoms with van der Waals surface area (Å²) >= 11 is 1.34. The van der Waals surface area contributed by atoms with Gasteiger partial charge in [-0.05, 0) is 30.0 Å². The van der Waals surface area contributed by atoms with Gasteiger partial charge in [-0.3, -0.25) is 19.2 Å². The predicted octanol–water partition coefficient (Wildman–Crippen LogP) is 4.45. The molecule has 1 heterocycles. The number of benzene rings is 2. The number of anilines is 1. The predicted molar refractivity (Wildman–Crippen MR) is 132 cm³/mol. The number of para-hydroxylation sites is 1. The lowest BCUT2D eigenvalue weighted by atomic mass is 10.0. The Morgan fingerprint density at radius 1 is 0.882 bits per heavy atom. The van der Waals surface area contributed by atoms with E-state index < -0.39 is 18.0 Å². The summed E-state index contributed by atoms with van der Waals surface area (Å²) in [6, 6.07) is 20.5. The highest BCUT2D eigenvalue weighted by atomic mass is 32.1. The number of carbonyl (C=O) groups excluding carboxylic acids is 4. The zero-order valence-corrected chi connectivity index (χ0v) is 19.6. The number of hydrogen-bond acceptors (Lipinski definition) is 6. The molecule has 0 aliphatic rings. The van der Waals surface area contributed by atoms with Crippen LogP contribution in [0.3, 0.4) is 0 Å². The van der Waals surface area contributed by atoms with Gasteiger partial charge in [0.05, 0.1) is 11.3 Å². The van der Waals surface area contributed by atoms with Crippen LogP contribution in [0.5, 0.6) is 0 Å². The maximum Gasteiger partial charge on any atom is 0.308 e. The molecule has 2 amide bonds. The van der Waals surface area contributed by atoms with E-state index >= 15 is 0 Å². The molecule has 0 saturated heterocycles. The molecular weight excluding hydrogens is 452 g/mol. The standard InChI is InChI=1S/C26H26N2O5S/c1-18(26(32)28-21-11-6-5-10-20(21)19-8-3-2-4-9-19)33-25(31)15-16-27-24(30)14-13-22(29)23-12-7-17-34-23/h2-12,17-18H,13-16H2,1H3,(H,27,30)(H,28,32)/t18-/m0/s1. The number of esters is 1. The first-order chi connectivity index (χ1) is 16.4. The van der Waals surface area contributed by atoms with Crippen molar-refractivity contribution >= 4 is 40.6 Å². The molecule has 8 heteroatoms. The van der Waals surface area contributed by atoms with Gasteiger partial charge < -0.3 is 15.4 Å². The fourth-order valence-corrected chi connectivity index (χ4v) is 3.88. The second kappa shape index (κ2) is 12.5. The van der Waals surface area contributed by atoms with Crippen LogP contribution in [0.15, 0.2) is 72.1 Å². The zero-order valence-electron chi connectivity index (χ0n) is 18.8. The molecule has 0 unspecified atom stereocenters. The summed E-state index contributed by atoms with van der Waals surface area (Å²) < 4.78 is 5.20. The monoisotopic (exact) mass is 478 g/mol.